The number of H-pyrrole nitrogens is 1. The van der Waals surface area contributed by atoms with E-state index in [2.05, 4.69) is 30.0 Å². The Kier molecular flexibility index (Phi) is 6.62. The fourth-order valence-electron chi connectivity index (χ4n) is 4.12. The predicted octanol–water partition coefficient (Wildman–Crippen LogP) is 5.42. The van der Waals surface area contributed by atoms with Crippen LogP contribution < -0.4 is 14.4 Å². The van der Waals surface area contributed by atoms with E-state index in [1.54, 1.807) is 18.1 Å². The molecule has 1 aliphatic heterocycles. The Morgan fingerprint density at radius 2 is 1.94 bits per heavy atom. The summed E-state index contributed by atoms with van der Waals surface area (Å²) in [6.45, 7) is 4.68. The van der Waals surface area contributed by atoms with Gasteiger partial charge in [-0.3, -0.25) is 14.8 Å². The molecule has 4 rings (SSSR count). The molecule has 0 spiro atoms. The molecule has 33 heavy (non-hydrogen) atoms. The van der Waals surface area contributed by atoms with Gasteiger partial charge in [-0.05, 0) is 54.3 Å². The number of terminal acetylenes is 1. The molecule has 1 aromatic heterocycles. The topological polar surface area (TPSA) is 67.5 Å². The van der Waals surface area contributed by atoms with Crippen molar-refractivity contribution in [3.63, 3.8) is 0 Å². The molecule has 1 amide bonds. The van der Waals surface area contributed by atoms with E-state index < -0.39 is 6.04 Å². The predicted molar refractivity (Wildman–Crippen MR) is 129 cm³/mol. The van der Waals surface area contributed by atoms with Gasteiger partial charge in [0.2, 0.25) is 0 Å². The number of nitrogens with zero attached hydrogens (tertiary/aromatic N) is 2. The van der Waals surface area contributed by atoms with E-state index in [-0.39, 0.29) is 5.91 Å². The highest BCUT2D eigenvalue weighted by Gasteiger charge is 2.43. The van der Waals surface area contributed by atoms with Crippen LogP contribution in [-0.4, -0.2) is 29.8 Å². The normalized spacial score (nSPS) is 15.0. The minimum atomic E-state index is -0.416. The Hall–Kier alpha value is -3.43. The molecule has 1 N–H and O–H groups in total. The Labute approximate surface area is 198 Å². The molecular weight excluding hydrogens is 438 g/mol. The van der Waals surface area contributed by atoms with Crippen LogP contribution in [0.2, 0.25) is 5.02 Å². The van der Waals surface area contributed by atoms with Crippen LogP contribution in [0.3, 0.4) is 0 Å². The van der Waals surface area contributed by atoms with Gasteiger partial charge in [0.25, 0.3) is 5.91 Å². The van der Waals surface area contributed by atoms with Gasteiger partial charge in [-0.15, -0.1) is 12.3 Å². The SMILES string of the molecule is C#CCCOc1ccc(C2c3c(n[nH]c3CC(C)C)C(=O)N2c2ccc(OC)cc2)c(Cl)c1. The summed E-state index contributed by atoms with van der Waals surface area (Å²) >= 11 is 6.75. The van der Waals surface area contributed by atoms with E-state index in [1.165, 1.54) is 0 Å². The first-order valence-corrected chi connectivity index (χ1v) is 11.2. The van der Waals surface area contributed by atoms with Crippen LogP contribution in [0.25, 0.3) is 0 Å². The standard InChI is InChI=1S/C26H26ClN3O3/c1-5-6-13-33-19-11-12-20(21(27)15-19)25-23-22(14-16(2)3)28-29-24(23)26(31)30(25)17-7-9-18(32-4)10-8-17/h1,7-12,15-16,25H,6,13-14H2,2-4H3,(H,28,29). The molecule has 6 nitrogen and oxygen atoms in total. The van der Waals surface area contributed by atoms with Gasteiger partial charge in [-0.25, -0.2) is 0 Å². The zero-order chi connectivity index (χ0) is 23.5. The van der Waals surface area contributed by atoms with E-state index >= 15 is 0 Å². The molecule has 0 radical (unpaired) electrons. The molecule has 0 saturated heterocycles. The van der Waals surface area contributed by atoms with Crippen molar-refractivity contribution in [1.29, 1.82) is 0 Å². The third-order valence-corrected chi connectivity index (χ3v) is 5.91. The number of amides is 1. The van der Waals surface area contributed by atoms with Crippen LogP contribution in [0.15, 0.2) is 42.5 Å². The molecule has 170 valence electrons. The van der Waals surface area contributed by atoms with Gasteiger partial charge >= 0.3 is 0 Å². The lowest BCUT2D eigenvalue weighted by molar-refractivity contribution is 0.0988. The average molecular weight is 464 g/mol. The maximum absolute atomic E-state index is 13.5. The number of aromatic amines is 1. The van der Waals surface area contributed by atoms with Crippen molar-refractivity contribution in [2.45, 2.75) is 32.7 Å². The molecule has 2 aromatic carbocycles. The van der Waals surface area contributed by atoms with Crippen molar-refractivity contribution < 1.29 is 14.3 Å². The number of anilines is 1. The van der Waals surface area contributed by atoms with Crippen molar-refractivity contribution >= 4 is 23.2 Å². The lowest BCUT2D eigenvalue weighted by atomic mass is 9.95. The molecule has 1 aliphatic rings. The number of hydrogen-bond donors (Lipinski definition) is 1. The number of nitrogens with one attached hydrogen (secondary N) is 1. The van der Waals surface area contributed by atoms with Crippen LogP contribution in [0.4, 0.5) is 5.69 Å². The van der Waals surface area contributed by atoms with Gasteiger partial charge in [0, 0.05) is 28.4 Å². The highest BCUT2D eigenvalue weighted by Crippen LogP contribution is 2.45. The van der Waals surface area contributed by atoms with E-state index in [0.717, 1.165) is 28.9 Å². The number of fused-ring (bicyclic) bond motifs is 1. The number of halogens is 1. The van der Waals surface area contributed by atoms with Gasteiger partial charge in [0.15, 0.2) is 5.69 Å². The summed E-state index contributed by atoms with van der Waals surface area (Å²) in [5.41, 5.74) is 3.78. The fraction of sp³-hybridized carbons (Fsp3) is 0.308. The van der Waals surface area contributed by atoms with Gasteiger partial charge in [-0.1, -0.05) is 31.5 Å². The van der Waals surface area contributed by atoms with Crippen LogP contribution in [-0.2, 0) is 6.42 Å². The molecule has 7 heteroatoms. The quantitative estimate of drug-likeness (QED) is 0.357. The Balaban J connectivity index is 1.80. The van der Waals surface area contributed by atoms with Crippen LogP contribution >= 0.6 is 11.6 Å². The van der Waals surface area contributed by atoms with Crippen LogP contribution in [0, 0.1) is 18.3 Å². The van der Waals surface area contributed by atoms with Gasteiger partial charge < -0.3 is 9.47 Å². The summed E-state index contributed by atoms with van der Waals surface area (Å²) in [5.74, 6) is 4.12. The smallest absolute Gasteiger partial charge is 0.280 e. The number of methoxy groups -OCH3 is 1. The van der Waals surface area contributed by atoms with Crippen LogP contribution in [0.5, 0.6) is 11.5 Å². The molecular formula is C26H26ClN3O3. The first-order valence-electron chi connectivity index (χ1n) is 10.8. The summed E-state index contributed by atoms with van der Waals surface area (Å²) in [6, 6.07) is 12.5. The fourth-order valence-corrected chi connectivity index (χ4v) is 4.39. The maximum atomic E-state index is 13.5. The zero-order valence-electron chi connectivity index (χ0n) is 18.9. The van der Waals surface area contributed by atoms with Crippen molar-refractivity contribution in [3.05, 3.63) is 70.0 Å². The van der Waals surface area contributed by atoms with E-state index in [9.17, 15) is 4.79 Å². The van der Waals surface area contributed by atoms with Gasteiger partial charge in [0.05, 0.1) is 19.8 Å². The molecule has 0 saturated carbocycles. The third-order valence-electron chi connectivity index (χ3n) is 5.58. The highest BCUT2D eigenvalue weighted by atomic mass is 35.5. The Bertz CT molecular complexity index is 1190. The lowest BCUT2D eigenvalue weighted by Crippen LogP contribution is -2.29. The van der Waals surface area contributed by atoms with Crippen molar-refractivity contribution in [2.24, 2.45) is 5.92 Å². The molecule has 0 fully saturated rings. The molecule has 0 aliphatic carbocycles. The molecule has 1 unspecified atom stereocenters. The van der Waals surface area contributed by atoms with Crippen LogP contribution in [0.1, 0.15) is 53.6 Å². The summed E-state index contributed by atoms with van der Waals surface area (Å²) in [5, 5.41) is 7.98. The van der Waals surface area contributed by atoms with E-state index in [1.807, 2.05) is 36.4 Å². The van der Waals surface area contributed by atoms with Gasteiger partial charge in [0.1, 0.15) is 11.5 Å². The number of hydrogen-bond acceptors (Lipinski definition) is 4. The summed E-state index contributed by atoms with van der Waals surface area (Å²) in [7, 11) is 1.61. The lowest BCUT2D eigenvalue weighted by Gasteiger charge is -2.27. The van der Waals surface area contributed by atoms with E-state index in [4.69, 9.17) is 27.5 Å². The molecule has 1 atom stereocenters. The summed E-state index contributed by atoms with van der Waals surface area (Å²) in [6.07, 6.45) is 6.59. The number of ether oxygens (including phenoxy) is 2. The number of benzene rings is 2. The number of aromatic nitrogens is 2. The first-order chi connectivity index (χ1) is 15.9. The Morgan fingerprint density at radius 3 is 2.58 bits per heavy atom. The molecule has 0 bridgehead atoms. The highest BCUT2D eigenvalue weighted by molar-refractivity contribution is 6.31. The zero-order valence-corrected chi connectivity index (χ0v) is 19.6. The molecule has 2 heterocycles. The monoisotopic (exact) mass is 463 g/mol. The Morgan fingerprint density at radius 1 is 1.21 bits per heavy atom. The maximum Gasteiger partial charge on any atom is 0.280 e. The van der Waals surface area contributed by atoms with Gasteiger partial charge in [-0.2, -0.15) is 5.10 Å². The average Bonchev–Trinajstić information content (AvgIpc) is 3.32. The minimum Gasteiger partial charge on any atom is -0.497 e. The third kappa shape index (κ3) is 4.42. The number of carbonyl (C=O) groups excluding carboxylic acids is 1. The summed E-state index contributed by atoms with van der Waals surface area (Å²) < 4.78 is 11.0. The van der Waals surface area contributed by atoms with Crippen molar-refractivity contribution in [2.75, 3.05) is 18.6 Å². The number of carbonyl (C=O) groups is 1. The second-order valence-corrected chi connectivity index (χ2v) is 8.73. The first kappa shape index (κ1) is 22.8. The number of rotatable bonds is 8. The second-order valence-electron chi connectivity index (χ2n) is 8.32. The van der Waals surface area contributed by atoms with Crippen molar-refractivity contribution in [1.82, 2.24) is 10.2 Å². The molecule has 3 aromatic rings. The summed E-state index contributed by atoms with van der Waals surface area (Å²) in [4.78, 5) is 15.3. The van der Waals surface area contributed by atoms with Crippen molar-refractivity contribution in [3.8, 4) is 23.8 Å². The van der Waals surface area contributed by atoms with E-state index in [0.29, 0.717) is 41.2 Å². The largest absolute Gasteiger partial charge is 0.497 e. The second kappa shape index (κ2) is 9.60. The minimum absolute atomic E-state index is 0.170.